The van der Waals surface area contributed by atoms with Crippen molar-refractivity contribution in [3.8, 4) is 0 Å². The molecule has 2 unspecified atom stereocenters. The van der Waals surface area contributed by atoms with E-state index in [0.717, 1.165) is 25.9 Å². The molecule has 1 rings (SSSR count). The average Bonchev–Trinajstić information content (AvgIpc) is 2.36. The van der Waals surface area contributed by atoms with Crippen LogP contribution < -0.4 is 5.32 Å². The molecule has 4 heteroatoms. The van der Waals surface area contributed by atoms with Crippen LogP contribution in [0, 0.1) is 0 Å². The second-order valence-electron chi connectivity index (χ2n) is 5.34. The van der Waals surface area contributed by atoms with Gasteiger partial charge in [-0.25, -0.2) is 0 Å². The van der Waals surface area contributed by atoms with E-state index in [-0.39, 0.29) is 11.9 Å². The highest BCUT2D eigenvalue weighted by Crippen LogP contribution is 2.11. The first-order chi connectivity index (χ1) is 7.96. The molecule has 1 amide bonds. The topological polar surface area (TPSA) is 52.6 Å². The maximum Gasteiger partial charge on any atom is 0.239 e. The summed E-state index contributed by atoms with van der Waals surface area (Å²) in [6, 6.07) is -0.203. The molecule has 0 spiro atoms. The van der Waals surface area contributed by atoms with Gasteiger partial charge in [-0.1, -0.05) is 6.92 Å². The molecule has 0 saturated carbocycles. The maximum atomic E-state index is 12.1. The van der Waals surface area contributed by atoms with Gasteiger partial charge in [0.1, 0.15) is 0 Å². The lowest BCUT2D eigenvalue weighted by Gasteiger charge is -2.31. The summed E-state index contributed by atoms with van der Waals surface area (Å²) in [5, 5.41) is 13.0. The van der Waals surface area contributed by atoms with Crippen LogP contribution >= 0.6 is 0 Å². The van der Waals surface area contributed by atoms with Gasteiger partial charge in [-0.15, -0.1) is 0 Å². The van der Waals surface area contributed by atoms with Gasteiger partial charge in [0, 0.05) is 19.6 Å². The fourth-order valence-corrected chi connectivity index (χ4v) is 1.97. The van der Waals surface area contributed by atoms with E-state index < -0.39 is 5.60 Å². The second-order valence-corrected chi connectivity index (χ2v) is 5.34. The van der Waals surface area contributed by atoms with Gasteiger partial charge in [0.05, 0.1) is 11.6 Å². The molecule has 0 aromatic carbocycles. The standard InChI is InChI=1S/C13H26N2O2/c1-4-13(3,17)10-14-11(2)12(16)15-8-6-5-7-9-15/h11,14,17H,4-10H2,1-3H3. The highest BCUT2D eigenvalue weighted by Gasteiger charge is 2.24. The zero-order valence-corrected chi connectivity index (χ0v) is 11.3. The summed E-state index contributed by atoms with van der Waals surface area (Å²) in [7, 11) is 0. The number of carbonyl (C=O) groups is 1. The summed E-state index contributed by atoms with van der Waals surface area (Å²) in [5.74, 6) is 0.164. The molecule has 0 aromatic rings. The van der Waals surface area contributed by atoms with Crippen molar-refractivity contribution in [2.24, 2.45) is 0 Å². The number of carbonyl (C=O) groups excluding carboxylic acids is 1. The minimum Gasteiger partial charge on any atom is -0.389 e. The number of rotatable bonds is 5. The van der Waals surface area contributed by atoms with E-state index in [9.17, 15) is 9.90 Å². The Kier molecular flexibility index (Phi) is 5.40. The second kappa shape index (κ2) is 6.36. The smallest absolute Gasteiger partial charge is 0.239 e. The van der Waals surface area contributed by atoms with E-state index in [4.69, 9.17) is 0 Å². The largest absolute Gasteiger partial charge is 0.389 e. The molecule has 0 radical (unpaired) electrons. The number of hydrogen-bond acceptors (Lipinski definition) is 3. The third-order valence-electron chi connectivity index (χ3n) is 3.59. The first kappa shape index (κ1) is 14.5. The van der Waals surface area contributed by atoms with E-state index in [1.54, 1.807) is 6.92 Å². The minimum atomic E-state index is -0.726. The monoisotopic (exact) mass is 242 g/mol. The zero-order chi connectivity index (χ0) is 12.9. The number of likely N-dealkylation sites (tertiary alicyclic amines) is 1. The first-order valence-electron chi connectivity index (χ1n) is 6.71. The summed E-state index contributed by atoms with van der Waals surface area (Å²) in [6.07, 6.45) is 4.15. The predicted molar refractivity (Wildman–Crippen MR) is 68.8 cm³/mol. The maximum absolute atomic E-state index is 12.1. The lowest BCUT2D eigenvalue weighted by atomic mass is 10.0. The van der Waals surface area contributed by atoms with Crippen LogP contribution in [0.2, 0.25) is 0 Å². The van der Waals surface area contributed by atoms with Crippen LogP contribution in [0.15, 0.2) is 0 Å². The van der Waals surface area contributed by atoms with Crippen LogP contribution in [0.4, 0.5) is 0 Å². The lowest BCUT2D eigenvalue weighted by molar-refractivity contribution is -0.134. The summed E-state index contributed by atoms with van der Waals surface area (Å²) in [4.78, 5) is 14.0. The fourth-order valence-electron chi connectivity index (χ4n) is 1.97. The molecule has 1 aliphatic rings. The molecule has 1 saturated heterocycles. The van der Waals surface area contributed by atoms with Crippen molar-refractivity contribution in [3.63, 3.8) is 0 Å². The van der Waals surface area contributed by atoms with Crippen molar-refractivity contribution in [3.05, 3.63) is 0 Å². The number of hydrogen-bond donors (Lipinski definition) is 2. The van der Waals surface area contributed by atoms with Crippen molar-refractivity contribution >= 4 is 5.91 Å². The van der Waals surface area contributed by atoms with E-state index >= 15 is 0 Å². The Bertz CT molecular complexity index is 248. The van der Waals surface area contributed by atoms with Crippen LogP contribution in [0.25, 0.3) is 0 Å². The van der Waals surface area contributed by atoms with Crippen LogP contribution in [0.1, 0.15) is 46.5 Å². The molecule has 4 nitrogen and oxygen atoms in total. The summed E-state index contributed by atoms with van der Waals surface area (Å²) in [6.45, 7) is 7.84. The van der Waals surface area contributed by atoms with E-state index in [2.05, 4.69) is 5.32 Å². The molecule has 100 valence electrons. The summed E-state index contributed by atoms with van der Waals surface area (Å²) < 4.78 is 0. The molecule has 0 aliphatic carbocycles. The first-order valence-corrected chi connectivity index (χ1v) is 6.71. The lowest BCUT2D eigenvalue weighted by Crippen LogP contribution is -2.50. The van der Waals surface area contributed by atoms with Crippen LogP contribution in [0.3, 0.4) is 0 Å². The number of nitrogens with one attached hydrogen (secondary N) is 1. The van der Waals surface area contributed by atoms with Gasteiger partial charge in [-0.05, 0) is 39.5 Å². The number of aliphatic hydroxyl groups is 1. The highest BCUT2D eigenvalue weighted by atomic mass is 16.3. The molecule has 2 atom stereocenters. The summed E-state index contributed by atoms with van der Waals surface area (Å²) in [5.41, 5.74) is -0.726. The number of amides is 1. The molecule has 1 aliphatic heterocycles. The molecular weight excluding hydrogens is 216 g/mol. The van der Waals surface area contributed by atoms with E-state index in [1.165, 1.54) is 6.42 Å². The highest BCUT2D eigenvalue weighted by molar-refractivity contribution is 5.81. The Morgan fingerprint density at radius 2 is 2.00 bits per heavy atom. The number of piperidine rings is 1. The third kappa shape index (κ3) is 4.64. The van der Waals surface area contributed by atoms with Crippen molar-refractivity contribution in [2.45, 2.75) is 58.1 Å². The summed E-state index contributed by atoms with van der Waals surface area (Å²) >= 11 is 0. The fraction of sp³-hybridized carbons (Fsp3) is 0.923. The number of nitrogens with zero attached hydrogens (tertiary/aromatic N) is 1. The van der Waals surface area contributed by atoms with Gasteiger partial charge in [-0.2, -0.15) is 0 Å². The van der Waals surface area contributed by atoms with Gasteiger partial charge in [0.25, 0.3) is 0 Å². The van der Waals surface area contributed by atoms with Crippen LogP contribution in [0.5, 0.6) is 0 Å². The van der Waals surface area contributed by atoms with Gasteiger partial charge in [-0.3, -0.25) is 4.79 Å². The Morgan fingerprint density at radius 3 is 2.53 bits per heavy atom. The molecule has 1 fully saturated rings. The van der Waals surface area contributed by atoms with Crippen molar-refractivity contribution in [2.75, 3.05) is 19.6 Å². The SMILES string of the molecule is CCC(C)(O)CNC(C)C(=O)N1CCCCC1. The quantitative estimate of drug-likeness (QED) is 0.760. The Hall–Kier alpha value is -0.610. The van der Waals surface area contributed by atoms with Gasteiger partial charge >= 0.3 is 0 Å². The van der Waals surface area contributed by atoms with Crippen LogP contribution in [-0.2, 0) is 4.79 Å². The van der Waals surface area contributed by atoms with Gasteiger partial charge < -0.3 is 15.3 Å². The molecule has 17 heavy (non-hydrogen) atoms. The molecule has 2 N–H and O–H groups in total. The third-order valence-corrected chi connectivity index (χ3v) is 3.59. The predicted octanol–water partition coefficient (Wildman–Crippen LogP) is 1.14. The van der Waals surface area contributed by atoms with Crippen molar-refractivity contribution < 1.29 is 9.90 Å². The molecule has 0 aromatic heterocycles. The van der Waals surface area contributed by atoms with E-state index in [1.807, 2.05) is 18.7 Å². The minimum absolute atomic E-state index is 0.164. The van der Waals surface area contributed by atoms with Gasteiger partial charge in [0.15, 0.2) is 0 Å². The average molecular weight is 242 g/mol. The normalized spacial score (nSPS) is 22.0. The molecule has 1 heterocycles. The van der Waals surface area contributed by atoms with Crippen molar-refractivity contribution in [1.82, 2.24) is 10.2 Å². The Morgan fingerprint density at radius 1 is 1.41 bits per heavy atom. The van der Waals surface area contributed by atoms with Crippen LogP contribution in [-0.4, -0.2) is 47.2 Å². The van der Waals surface area contributed by atoms with Crippen molar-refractivity contribution in [1.29, 1.82) is 0 Å². The van der Waals surface area contributed by atoms with Gasteiger partial charge in [0.2, 0.25) is 5.91 Å². The zero-order valence-electron chi connectivity index (χ0n) is 11.3. The molecule has 0 bridgehead atoms. The Labute approximate surface area is 104 Å². The Balaban J connectivity index is 2.36. The van der Waals surface area contributed by atoms with E-state index in [0.29, 0.717) is 13.0 Å². The molecular formula is C13H26N2O2.